The van der Waals surface area contributed by atoms with Crippen LogP contribution < -0.4 is 15.5 Å². The van der Waals surface area contributed by atoms with E-state index in [9.17, 15) is 17.6 Å². The maximum atomic E-state index is 13.7. The molecule has 0 saturated carbocycles. The van der Waals surface area contributed by atoms with E-state index in [1.807, 2.05) is 31.2 Å². The monoisotopic (exact) mass is 446 g/mol. The number of fused-ring (bicyclic) bond motifs is 1. The summed E-state index contributed by atoms with van der Waals surface area (Å²) in [5.41, 5.74) is 3.08. The summed E-state index contributed by atoms with van der Waals surface area (Å²) in [6.45, 7) is 3.25. The Bertz CT molecular complexity index is 1090. The van der Waals surface area contributed by atoms with Gasteiger partial charge in [0, 0.05) is 25.0 Å². The molecule has 1 aliphatic heterocycles. The van der Waals surface area contributed by atoms with Crippen molar-refractivity contribution in [3.05, 3.63) is 65.0 Å². The SMILES string of the molecule is CCNC(=NCc1cc(F)ccc1CS(C)(=O)=O)NCC(=O)N1CCc2ccccc21. The normalized spacial score (nSPS) is 13.8. The molecule has 166 valence electrons. The number of benzene rings is 2. The standard InChI is InChI=1S/C22H27FN4O3S/c1-3-24-22(25-13-18-12-19(23)9-8-17(18)15-31(2,29)30)26-14-21(28)27-11-10-16-6-4-5-7-20(16)27/h4-9,12H,3,10-11,13-15H2,1-2H3,(H2,24,25,26). The Hall–Kier alpha value is -2.94. The highest BCUT2D eigenvalue weighted by Gasteiger charge is 2.23. The molecular formula is C22H27FN4O3S. The van der Waals surface area contributed by atoms with Crippen LogP contribution in [0.1, 0.15) is 23.6 Å². The second-order valence-corrected chi connectivity index (χ2v) is 9.60. The molecule has 2 aromatic rings. The van der Waals surface area contributed by atoms with Crippen LogP contribution in [0.25, 0.3) is 0 Å². The van der Waals surface area contributed by atoms with E-state index in [0.717, 1.165) is 23.9 Å². The van der Waals surface area contributed by atoms with Gasteiger partial charge in [0.2, 0.25) is 5.91 Å². The number of carbonyl (C=O) groups is 1. The first-order valence-electron chi connectivity index (χ1n) is 10.1. The van der Waals surface area contributed by atoms with E-state index in [4.69, 9.17) is 0 Å². The molecular weight excluding hydrogens is 419 g/mol. The number of carbonyl (C=O) groups excluding carboxylic acids is 1. The maximum Gasteiger partial charge on any atom is 0.246 e. The van der Waals surface area contributed by atoms with Gasteiger partial charge >= 0.3 is 0 Å². The lowest BCUT2D eigenvalue weighted by Crippen LogP contribution is -2.44. The minimum atomic E-state index is -3.27. The molecule has 31 heavy (non-hydrogen) atoms. The minimum Gasteiger partial charge on any atom is -0.357 e. The number of rotatable bonds is 7. The fourth-order valence-electron chi connectivity index (χ4n) is 3.52. The number of hydrogen-bond acceptors (Lipinski definition) is 4. The Morgan fingerprint density at radius 3 is 2.68 bits per heavy atom. The molecule has 0 bridgehead atoms. The molecule has 2 aromatic carbocycles. The molecule has 1 aliphatic rings. The first-order valence-corrected chi connectivity index (χ1v) is 12.2. The highest BCUT2D eigenvalue weighted by molar-refractivity contribution is 7.89. The van der Waals surface area contributed by atoms with Crippen molar-refractivity contribution < 1.29 is 17.6 Å². The number of anilines is 1. The van der Waals surface area contributed by atoms with Crippen molar-refractivity contribution in [3.63, 3.8) is 0 Å². The second-order valence-electron chi connectivity index (χ2n) is 7.46. The van der Waals surface area contributed by atoms with Crippen molar-refractivity contribution in [1.82, 2.24) is 10.6 Å². The average molecular weight is 447 g/mol. The van der Waals surface area contributed by atoms with Crippen LogP contribution in [0.15, 0.2) is 47.5 Å². The predicted octanol–water partition coefficient (Wildman–Crippen LogP) is 2.01. The third-order valence-corrected chi connectivity index (χ3v) is 5.77. The van der Waals surface area contributed by atoms with Crippen molar-refractivity contribution >= 4 is 27.4 Å². The number of para-hydroxylation sites is 1. The van der Waals surface area contributed by atoms with Crippen molar-refractivity contribution in [2.45, 2.75) is 25.6 Å². The number of nitrogens with one attached hydrogen (secondary N) is 2. The predicted molar refractivity (Wildman–Crippen MR) is 120 cm³/mol. The minimum absolute atomic E-state index is 0.0551. The average Bonchev–Trinajstić information content (AvgIpc) is 3.15. The van der Waals surface area contributed by atoms with Crippen molar-refractivity contribution in [3.8, 4) is 0 Å². The van der Waals surface area contributed by atoms with Gasteiger partial charge in [-0.2, -0.15) is 0 Å². The summed E-state index contributed by atoms with van der Waals surface area (Å²) in [5, 5.41) is 6.07. The number of nitrogens with zero attached hydrogens (tertiary/aromatic N) is 2. The molecule has 1 heterocycles. The van der Waals surface area contributed by atoms with Gasteiger partial charge in [0.25, 0.3) is 0 Å². The van der Waals surface area contributed by atoms with Crippen LogP contribution in [0.4, 0.5) is 10.1 Å². The Morgan fingerprint density at radius 2 is 1.94 bits per heavy atom. The summed E-state index contributed by atoms with van der Waals surface area (Å²) >= 11 is 0. The lowest BCUT2D eigenvalue weighted by Gasteiger charge is -2.19. The van der Waals surface area contributed by atoms with E-state index in [0.29, 0.717) is 30.2 Å². The topological polar surface area (TPSA) is 90.9 Å². The molecule has 0 aliphatic carbocycles. The van der Waals surface area contributed by atoms with Crippen LogP contribution in [-0.4, -0.2) is 46.2 Å². The summed E-state index contributed by atoms with van der Waals surface area (Å²) in [7, 11) is -3.27. The van der Waals surface area contributed by atoms with Crippen molar-refractivity contribution in [1.29, 1.82) is 0 Å². The summed E-state index contributed by atoms with van der Waals surface area (Å²) < 4.78 is 37.1. The third-order valence-electron chi connectivity index (χ3n) is 4.93. The molecule has 0 fully saturated rings. The zero-order chi connectivity index (χ0) is 22.4. The Kier molecular flexibility index (Phi) is 7.27. The van der Waals surface area contributed by atoms with Gasteiger partial charge in [-0.05, 0) is 48.2 Å². The number of amides is 1. The molecule has 1 amide bonds. The molecule has 0 unspecified atom stereocenters. The Morgan fingerprint density at radius 1 is 1.16 bits per heavy atom. The summed E-state index contributed by atoms with van der Waals surface area (Å²) in [4.78, 5) is 18.9. The molecule has 0 saturated heterocycles. The van der Waals surface area contributed by atoms with Crippen LogP contribution in [0, 0.1) is 5.82 Å². The molecule has 0 atom stereocenters. The molecule has 0 spiro atoms. The molecule has 7 nitrogen and oxygen atoms in total. The number of halogens is 1. The Labute approximate surface area is 182 Å². The number of aliphatic imine (C=N–C) groups is 1. The van der Waals surface area contributed by atoms with Gasteiger partial charge in [-0.25, -0.2) is 17.8 Å². The van der Waals surface area contributed by atoms with E-state index in [2.05, 4.69) is 15.6 Å². The van der Waals surface area contributed by atoms with Crippen molar-refractivity contribution in [2.24, 2.45) is 4.99 Å². The first-order chi connectivity index (χ1) is 14.8. The van der Waals surface area contributed by atoms with Gasteiger partial charge in [0.05, 0.1) is 18.8 Å². The number of hydrogen-bond donors (Lipinski definition) is 2. The fourth-order valence-corrected chi connectivity index (χ4v) is 4.37. The summed E-state index contributed by atoms with van der Waals surface area (Å²) in [6.07, 6.45) is 1.97. The quantitative estimate of drug-likeness (QED) is 0.502. The van der Waals surface area contributed by atoms with Gasteiger partial charge in [0.15, 0.2) is 15.8 Å². The largest absolute Gasteiger partial charge is 0.357 e. The second kappa shape index (κ2) is 9.91. The van der Waals surface area contributed by atoms with E-state index in [1.54, 1.807) is 4.90 Å². The summed E-state index contributed by atoms with van der Waals surface area (Å²) in [6, 6.07) is 11.8. The smallest absolute Gasteiger partial charge is 0.246 e. The van der Waals surface area contributed by atoms with Crippen LogP contribution in [-0.2, 0) is 33.4 Å². The molecule has 0 radical (unpaired) electrons. The molecule has 3 rings (SSSR count). The molecule has 0 aromatic heterocycles. The van der Waals surface area contributed by atoms with Gasteiger partial charge in [0.1, 0.15) is 5.82 Å². The van der Waals surface area contributed by atoms with Crippen LogP contribution in [0.3, 0.4) is 0 Å². The lowest BCUT2D eigenvalue weighted by molar-refractivity contribution is -0.117. The van der Waals surface area contributed by atoms with Gasteiger partial charge in [-0.15, -0.1) is 0 Å². The zero-order valence-electron chi connectivity index (χ0n) is 17.7. The van der Waals surface area contributed by atoms with Crippen molar-refractivity contribution in [2.75, 3.05) is 30.8 Å². The van der Waals surface area contributed by atoms with E-state index in [-0.39, 0.29) is 24.7 Å². The van der Waals surface area contributed by atoms with E-state index < -0.39 is 15.7 Å². The zero-order valence-corrected chi connectivity index (χ0v) is 18.5. The highest BCUT2D eigenvalue weighted by Crippen LogP contribution is 2.27. The number of sulfone groups is 1. The first kappa shape index (κ1) is 22.7. The fraction of sp³-hybridized carbons (Fsp3) is 0.364. The highest BCUT2D eigenvalue weighted by atomic mass is 32.2. The maximum absolute atomic E-state index is 13.7. The summed E-state index contributed by atoms with van der Waals surface area (Å²) in [5.74, 6) is -0.310. The van der Waals surface area contributed by atoms with E-state index >= 15 is 0 Å². The lowest BCUT2D eigenvalue weighted by atomic mass is 10.1. The molecule has 2 N–H and O–H groups in total. The van der Waals surface area contributed by atoms with Crippen LogP contribution in [0.5, 0.6) is 0 Å². The third kappa shape index (κ3) is 6.27. The molecule has 9 heteroatoms. The van der Waals surface area contributed by atoms with Gasteiger partial charge in [-0.1, -0.05) is 24.3 Å². The van der Waals surface area contributed by atoms with Gasteiger partial charge < -0.3 is 15.5 Å². The van der Waals surface area contributed by atoms with E-state index in [1.165, 1.54) is 18.2 Å². The Balaban J connectivity index is 1.69. The van der Waals surface area contributed by atoms with Crippen LogP contribution >= 0.6 is 0 Å². The number of guanidine groups is 1. The van der Waals surface area contributed by atoms with Crippen LogP contribution in [0.2, 0.25) is 0 Å². The van der Waals surface area contributed by atoms with Gasteiger partial charge in [-0.3, -0.25) is 4.79 Å².